The highest BCUT2D eigenvalue weighted by molar-refractivity contribution is 5.99. The van der Waals surface area contributed by atoms with E-state index in [0.717, 1.165) is 19.3 Å². The molecule has 2 fully saturated rings. The van der Waals surface area contributed by atoms with Crippen LogP contribution in [0.25, 0.3) is 0 Å². The second-order valence-corrected chi connectivity index (χ2v) is 10.2. The third-order valence-corrected chi connectivity index (χ3v) is 7.07. The number of carbonyl (C=O) groups is 3. The molecule has 1 aromatic carbocycles. The molecule has 3 aliphatic rings. The molecule has 4 rings (SSSR count). The topological polar surface area (TPSA) is 109 Å². The van der Waals surface area contributed by atoms with Crippen LogP contribution in [0.4, 0.5) is 10.5 Å². The van der Waals surface area contributed by atoms with Crippen molar-refractivity contribution in [3.8, 4) is 5.75 Å². The zero-order valence-corrected chi connectivity index (χ0v) is 21.0. The van der Waals surface area contributed by atoms with Gasteiger partial charge in [-0.3, -0.25) is 9.59 Å². The van der Waals surface area contributed by atoms with E-state index in [1.807, 2.05) is 13.8 Å². The lowest BCUT2D eigenvalue weighted by atomic mass is 9.93. The SMILES string of the molecule is CC(C)NC(=O)Nc1ccc2c(c1)C(=O)N(C)[C@H]1CC[C@@H](CC(=O)NC3CCCCC3)O[C@@H]1CO2. The van der Waals surface area contributed by atoms with Gasteiger partial charge in [-0.2, -0.15) is 0 Å². The van der Waals surface area contributed by atoms with E-state index in [9.17, 15) is 14.4 Å². The van der Waals surface area contributed by atoms with Gasteiger partial charge in [0.15, 0.2) is 0 Å². The molecule has 0 radical (unpaired) electrons. The average molecular weight is 487 g/mol. The second kappa shape index (κ2) is 11.3. The molecule has 0 aromatic heterocycles. The molecule has 192 valence electrons. The fraction of sp³-hybridized carbons (Fsp3) is 0.654. The van der Waals surface area contributed by atoms with E-state index in [2.05, 4.69) is 16.0 Å². The van der Waals surface area contributed by atoms with E-state index in [0.29, 0.717) is 29.8 Å². The third kappa shape index (κ3) is 6.45. The Kier molecular flexibility index (Phi) is 8.15. The van der Waals surface area contributed by atoms with Crippen LogP contribution < -0.4 is 20.7 Å². The van der Waals surface area contributed by atoms with Gasteiger partial charge in [0.25, 0.3) is 5.91 Å². The minimum Gasteiger partial charge on any atom is -0.490 e. The first-order chi connectivity index (χ1) is 16.8. The summed E-state index contributed by atoms with van der Waals surface area (Å²) in [4.78, 5) is 39.7. The molecule has 35 heavy (non-hydrogen) atoms. The lowest BCUT2D eigenvalue weighted by molar-refractivity contribution is -0.134. The number of rotatable bonds is 5. The lowest BCUT2D eigenvalue weighted by Gasteiger charge is -2.42. The number of nitrogens with zero attached hydrogens (tertiary/aromatic N) is 1. The van der Waals surface area contributed by atoms with Crippen molar-refractivity contribution >= 4 is 23.5 Å². The van der Waals surface area contributed by atoms with Gasteiger partial charge in [0.2, 0.25) is 5.91 Å². The number of carbonyl (C=O) groups excluding carboxylic acids is 3. The van der Waals surface area contributed by atoms with Crippen molar-refractivity contribution < 1.29 is 23.9 Å². The quantitative estimate of drug-likeness (QED) is 0.591. The second-order valence-electron chi connectivity index (χ2n) is 10.2. The van der Waals surface area contributed by atoms with Gasteiger partial charge in [-0.25, -0.2) is 4.79 Å². The first-order valence-corrected chi connectivity index (χ1v) is 12.9. The number of ether oxygens (including phenoxy) is 2. The summed E-state index contributed by atoms with van der Waals surface area (Å²) in [5.41, 5.74) is 0.926. The van der Waals surface area contributed by atoms with E-state index in [1.165, 1.54) is 19.3 Å². The normalized spacial score (nSPS) is 25.0. The van der Waals surface area contributed by atoms with E-state index in [1.54, 1.807) is 30.1 Å². The molecule has 0 unspecified atom stereocenters. The first kappa shape index (κ1) is 25.3. The third-order valence-electron chi connectivity index (χ3n) is 7.07. The van der Waals surface area contributed by atoms with Crippen LogP contribution >= 0.6 is 0 Å². The molecule has 4 amide bonds. The monoisotopic (exact) mass is 486 g/mol. The van der Waals surface area contributed by atoms with Crippen molar-refractivity contribution in [2.24, 2.45) is 0 Å². The van der Waals surface area contributed by atoms with Gasteiger partial charge in [0, 0.05) is 24.8 Å². The van der Waals surface area contributed by atoms with E-state index in [-0.39, 0.29) is 54.8 Å². The van der Waals surface area contributed by atoms with Crippen LogP contribution in [0.1, 0.15) is 75.6 Å². The lowest BCUT2D eigenvalue weighted by Crippen LogP contribution is -2.54. The minimum absolute atomic E-state index is 0.000772. The Balaban J connectivity index is 1.39. The van der Waals surface area contributed by atoms with Gasteiger partial charge in [0.1, 0.15) is 18.5 Å². The van der Waals surface area contributed by atoms with Crippen LogP contribution in [-0.2, 0) is 9.53 Å². The molecule has 9 heteroatoms. The standard InChI is InChI=1S/C26H38N4O5/c1-16(2)27-26(33)29-18-9-12-22-20(13-18)25(32)30(3)21-11-10-19(35-23(21)15-34-22)14-24(31)28-17-7-5-4-6-8-17/h9,12-13,16-17,19,21,23H,4-8,10-11,14-15H2,1-3H3,(H,28,31)(H2,27,29,33)/t19-,21-,23+/m0/s1. The largest absolute Gasteiger partial charge is 0.490 e. The summed E-state index contributed by atoms with van der Waals surface area (Å²) >= 11 is 0. The Morgan fingerprint density at radius 2 is 1.89 bits per heavy atom. The summed E-state index contributed by atoms with van der Waals surface area (Å²) in [7, 11) is 1.78. The maximum Gasteiger partial charge on any atom is 0.319 e. The van der Waals surface area contributed by atoms with Crippen LogP contribution in [0, 0.1) is 0 Å². The highest BCUT2D eigenvalue weighted by Crippen LogP contribution is 2.32. The van der Waals surface area contributed by atoms with Crippen molar-refractivity contribution in [2.75, 3.05) is 19.0 Å². The fourth-order valence-corrected chi connectivity index (χ4v) is 5.27. The predicted molar refractivity (Wildman–Crippen MR) is 133 cm³/mol. The molecule has 1 aliphatic carbocycles. The number of urea groups is 1. The van der Waals surface area contributed by atoms with Crippen molar-refractivity contribution in [2.45, 2.75) is 95.5 Å². The van der Waals surface area contributed by atoms with E-state index >= 15 is 0 Å². The summed E-state index contributed by atoms with van der Waals surface area (Å²) in [6.07, 6.45) is 7.01. The molecule has 0 spiro atoms. The van der Waals surface area contributed by atoms with Crippen molar-refractivity contribution in [3.63, 3.8) is 0 Å². The molecular weight excluding hydrogens is 448 g/mol. The number of anilines is 1. The molecule has 1 aromatic rings. The number of fused-ring (bicyclic) bond motifs is 2. The van der Waals surface area contributed by atoms with E-state index in [4.69, 9.17) is 9.47 Å². The van der Waals surface area contributed by atoms with Crippen molar-refractivity contribution in [1.29, 1.82) is 0 Å². The molecule has 3 N–H and O–H groups in total. The molecule has 0 bridgehead atoms. The molecule has 1 saturated carbocycles. The van der Waals surface area contributed by atoms with Crippen LogP contribution in [-0.4, -0.2) is 66.7 Å². The van der Waals surface area contributed by atoms with Crippen LogP contribution in [0.5, 0.6) is 5.75 Å². The van der Waals surface area contributed by atoms with E-state index < -0.39 is 0 Å². The Labute approximate surface area is 207 Å². The summed E-state index contributed by atoms with van der Waals surface area (Å²) in [6.45, 7) is 4.04. The van der Waals surface area contributed by atoms with Crippen molar-refractivity contribution in [1.82, 2.24) is 15.5 Å². The minimum atomic E-state index is -0.327. The van der Waals surface area contributed by atoms with Crippen LogP contribution in [0.2, 0.25) is 0 Å². The van der Waals surface area contributed by atoms with Crippen molar-refractivity contribution in [3.05, 3.63) is 23.8 Å². The highest BCUT2D eigenvalue weighted by Gasteiger charge is 2.39. The number of nitrogens with one attached hydrogen (secondary N) is 3. The Morgan fingerprint density at radius 1 is 1.11 bits per heavy atom. The molecule has 9 nitrogen and oxygen atoms in total. The maximum atomic E-state index is 13.3. The van der Waals surface area contributed by atoms with Gasteiger partial charge in [-0.15, -0.1) is 0 Å². The maximum absolute atomic E-state index is 13.3. The zero-order chi connectivity index (χ0) is 24.9. The van der Waals surface area contributed by atoms with Gasteiger partial charge in [0.05, 0.1) is 24.1 Å². The predicted octanol–water partition coefficient (Wildman–Crippen LogP) is 3.44. The first-order valence-electron chi connectivity index (χ1n) is 12.9. The van der Waals surface area contributed by atoms with Gasteiger partial charge >= 0.3 is 6.03 Å². The Bertz CT molecular complexity index is 930. The average Bonchev–Trinajstić information content (AvgIpc) is 2.82. The van der Waals surface area contributed by atoms with Crippen LogP contribution in [0.3, 0.4) is 0 Å². The smallest absolute Gasteiger partial charge is 0.319 e. The summed E-state index contributed by atoms with van der Waals surface area (Å²) in [5, 5.41) is 8.70. The van der Waals surface area contributed by atoms with Gasteiger partial charge in [-0.1, -0.05) is 19.3 Å². The van der Waals surface area contributed by atoms with Gasteiger partial charge in [-0.05, 0) is 57.7 Å². The number of likely N-dealkylation sites (N-methyl/N-ethyl adjacent to an activating group) is 1. The Morgan fingerprint density at radius 3 is 2.63 bits per heavy atom. The van der Waals surface area contributed by atoms with Gasteiger partial charge < -0.3 is 30.3 Å². The summed E-state index contributed by atoms with van der Waals surface area (Å²) < 4.78 is 12.3. The molecule has 3 atom stereocenters. The number of amides is 4. The zero-order valence-electron chi connectivity index (χ0n) is 21.0. The Hall–Kier alpha value is -2.81. The summed E-state index contributed by atoms with van der Waals surface area (Å²) in [5.74, 6) is 0.319. The van der Waals surface area contributed by atoms with Crippen LogP contribution in [0.15, 0.2) is 18.2 Å². The highest BCUT2D eigenvalue weighted by atomic mass is 16.5. The number of benzene rings is 1. The molecule has 1 saturated heterocycles. The number of hydrogen-bond acceptors (Lipinski definition) is 5. The molecular formula is C26H38N4O5. The molecule has 2 aliphatic heterocycles. The molecule has 2 heterocycles. The number of hydrogen-bond donors (Lipinski definition) is 3. The fourth-order valence-electron chi connectivity index (χ4n) is 5.27. The summed E-state index contributed by atoms with van der Waals surface area (Å²) in [6, 6.07) is 4.88.